The maximum Gasteiger partial charge on any atom is 0.191 e. The van der Waals surface area contributed by atoms with E-state index < -0.39 is 19.0 Å². The number of Topliss-reactive ketones (excluding diaryl/α,β-unsaturated/α-hetero) is 2. The SMILES string of the molecule is O=C(CO)c1ccc(O)cc1.O=C(CO)c1ccccc1O. The number of aromatic hydroxyl groups is 2. The highest BCUT2D eigenvalue weighted by atomic mass is 16.3. The minimum Gasteiger partial charge on any atom is -0.508 e. The second kappa shape index (κ2) is 8.56. The molecule has 0 fully saturated rings. The number of phenolic OH excluding ortho intramolecular Hbond substituents is 2. The quantitative estimate of drug-likeness (QED) is 0.630. The van der Waals surface area contributed by atoms with Crippen molar-refractivity contribution in [2.24, 2.45) is 0 Å². The van der Waals surface area contributed by atoms with E-state index in [1.165, 1.54) is 36.4 Å². The zero-order valence-corrected chi connectivity index (χ0v) is 11.6. The first-order valence-corrected chi connectivity index (χ1v) is 6.34. The van der Waals surface area contributed by atoms with Gasteiger partial charge in [-0.15, -0.1) is 0 Å². The molecule has 0 atom stereocenters. The summed E-state index contributed by atoms with van der Waals surface area (Å²) >= 11 is 0. The fraction of sp³-hybridized carbons (Fsp3) is 0.125. The Kier molecular flexibility index (Phi) is 6.75. The fourth-order valence-electron chi connectivity index (χ4n) is 1.53. The first-order chi connectivity index (χ1) is 10.5. The van der Waals surface area contributed by atoms with Gasteiger partial charge in [-0.1, -0.05) is 12.1 Å². The van der Waals surface area contributed by atoms with Gasteiger partial charge in [0, 0.05) is 5.56 Å². The largest absolute Gasteiger partial charge is 0.508 e. The number of hydrogen-bond donors (Lipinski definition) is 4. The van der Waals surface area contributed by atoms with E-state index in [2.05, 4.69) is 0 Å². The first-order valence-electron chi connectivity index (χ1n) is 6.34. The van der Waals surface area contributed by atoms with Gasteiger partial charge < -0.3 is 20.4 Å². The van der Waals surface area contributed by atoms with Gasteiger partial charge in [0.2, 0.25) is 0 Å². The lowest BCUT2D eigenvalue weighted by atomic mass is 10.1. The molecule has 116 valence electrons. The molecule has 2 rings (SSSR count). The van der Waals surface area contributed by atoms with E-state index in [-0.39, 0.29) is 22.8 Å². The number of carbonyl (C=O) groups is 2. The summed E-state index contributed by atoms with van der Waals surface area (Å²) in [5, 5.41) is 34.8. The summed E-state index contributed by atoms with van der Waals surface area (Å²) in [5.41, 5.74) is 0.570. The Balaban J connectivity index is 0.000000220. The second-order valence-electron chi connectivity index (χ2n) is 4.23. The van der Waals surface area contributed by atoms with Gasteiger partial charge in [0.15, 0.2) is 11.6 Å². The minimum atomic E-state index is -0.572. The standard InChI is InChI=1S/2C8H8O3/c9-5-8(11)6-1-3-7(10)4-2-6;9-5-8(11)6-3-1-2-4-7(6)10/h2*1-4,9-10H,5H2. The van der Waals surface area contributed by atoms with Crippen molar-refractivity contribution in [3.05, 3.63) is 59.7 Å². The lowest BCUT2D eigenvalue weighted by Gasteiger charge is -1.98. The van der Waals surface area contributed by atoms with Crippen LogP contribution < -0.4 is 0 Å². The Labute approximate surface area is 126 Å². The summed E-state index contributed by atoms with van der Waals surface area (Å²) in [6.45, 7) is -1.07. The van der Waals surface area contributed by atoms with Crippen LogP contribution in [-0.2, 0) is 0 Å². The van der Waals surface area contributed by atoms with Gasteiger partial charge in [-0.05, 0) is 36.4 Å². The van der Waals surface area contributed by atoms with E-state index in [0.29, 0.717) is 5.56 Å². The van der Waals surface area contributed by atoms with E-state index in [9.17, 15) is 9.59 Å². The van der Waals surface area contributed by atoms with Crippen LogP contribution in [0.25, 0.3) is 0 Å². The van der Waals surface area contributed by atoms with Crippen LogP contribution in [-0.4, -0.2) is 45.2 Å². The minimum absolute atomic E-state index is 0.0912. The van der Waals surface area contributed by atoms with Crippen molar-refractivity contribution < 1.29 is 30.0 Å². The van der Waals surface area contributed by atoms with Crippen LogP contribution in [0, 0.1) is 0 Å². The zero-order chi connectivity index (χ0) is 16.5. The highest BCUT2D eigenvalue weighted by Gasteiger charge is 2.07. The van der Waals surface area contributed by atoms with E-state index in [4.69, 9.17) is 20.4 Å². The zero-order valence-electron chi connectivity index (χ0n) is 11.6. The van der Waals surface area contributed by atoms with Crippen LogP contribution in [0.3, 0.4) is 0 Å². The Bertz CT molecular complexity index is 633. The van der Waals surface area contributed by atoms with Crippen molar-refractivity contribution in [1.29, 1.82) is 0 Å². The third-order valence-electron chi connectivity index (χ3n) is 2.68. The van der Waals surface area contributed by atoms with Crippen LogP contribution in [0.4, 0.5) is 0 Å². The van der Waals surface area contributed by atoms with E-state index >= 15 is 0 Å². The molecule has 0 spiro atoms. The predicted molar refractivity (Wildman–Crippen MR) is 79.0 cm³/mol. The smallest absolute Gasteiger partial charge is 0.191 e. The number of aliphatic hydroxyl groups excluding tert-OH is 2. The summed E-state index contributed by atoms with van der Waals surface area (Å²) in [7, 11) is 0. The number of carbonyl (C=O) groups excluding carboxylic acids is 2. The maximum atomic E-state index is 10.8. The summed E-state index contributed by atoms with van der Waals surface area (Å²) in [4.78, 5) is 21.6. The lowest BCUT2D eigenvalue weighted by Crippen LogP contribution is -2.03. The molecule has 0 saturated carbocycles. The molecule has 2 aromatic rings. The van der Waals surface area contributed by atoms with Crippen molar-refractivity contribution in [3.8, 4) is 11.5 Å². The summed E-state index contributed by atoms with van der Waals surface area (Å²) in [5.74, 6) is -0.792. The Morgan fingerprint density at radius 2 is 1.32 bits per heavy atom. The van der Waals surface area contributed by atoms with Crippen molar-refractivity contribution in [3.63, 3.8) is 0 Å². The number of ketones is 2. The van der Waals surface area contributed by atoms with Crippen LogP contribution in [0.15, 0.2) is 48.5 Å². The molecule has 0 saturated heterocycles. The average molecular weight is 304 g/mol. The number of aliphatic hydroxyl groups is 2. The molecule has 6 nitrogen and oxygen atoms in total. The normalized spacial score (nSPS) is 9.55. The predicted octanol–water partition coefficient (Wildman–Crippen LogP) is 1.13. The van der Waals surface area contributed by atoms with Gasteiger partial charge in [-0.25, -0.2) is 0 Å². The van der Waals surface area contributed by atoms with Crippen LogP contribution >= 0.6 is 0 Å². The van der Waals surface area contributed by atoms with Crippen LogP contribution in [0.1, 0.15) is 20.7 Å². The topological polar surface area (TPSA) is 115 Å². The summed E-state index contributed by atoms with van der Waals surface area (Å²) in [6.07, 6.45) is 0. The molecule has 22 heavy (non-hydrogen) atoms. The van der Waals surface area contributed by atoms with Crippen LogP contribution in [0.5, 0.6) is 11.5 Å². The van der Waals surface area contributed by atoms with Gasteiger partial charge in [0.25, 0.3) is 0 Å². The van der Waals surface area contributed by atoms with E-state index in [1.54, 1.807) is 12.1 Å². The number of rotatable bonds is 4. The fourth-order valence-corrected chi connectivity index (χ4v) is 1.53. The number of benzene rings is 2. The first kappa shape index (κ1) is 17.4. The molecule has 2 aromatic carbocycles. The Morgan fingerprint density at radius 3 is 1.82 bits per heavy atom. The highest BCUT2D eigenvalue weighted by Crippen LogP contribution is 2.15. The van der Waals surface area contributed by atoms with Crippen LogP contribution in [0.2, 0.25) is 0 Å². The molecule has 0 bridgehead atoms. The van der Waals surface area contributed by atoms with Gasteiger partial charge in [0.1, 0.15) is 24.7 Å². The molecule has 0 radical (unpaired) electrons. The molecular formula is C16H16O6. The van der Waals surface area contributed by atoms with Crippen molar-refractivity contribution in [1.82, 2.24) is 0 Å². The molecule has 0 unspecified atom stereocenters. The van der Waals surface area contributed by atoms with Gasteiger partial charge in [0.05, 0.1) is 5.56 Å². The summed E-state index contributed by atoms with van der Waals surface area (Å²) in [6, 6.07) is 11.9. The number of para-hydroxylation sites is 1. The third kappa shape index (κ3) is 5.01. The van der Waals surface area contributed by atoms with E-state index in [1.807, 2.05) is 0 Å². The number of phenols is 2. The molecule has 0 aliphatic carbocycles. The molecule has 0 amide bonds. The molecule has 0 aliphatic rings. The van der Waals surface area contributed by atoms with Crippen molar-refractivity contribution >= 4 is 11.6 Å². The van der Waals surface area contributed by atoms with Crippen molar-refractivity contribution in [2.45, 2.75) is 0 Å². The second-order valence-corrected chi connectivity index (χ2v) is 4.23. The maximum absolute atomic E-state index is 10.8. The van der Waals surface area contributed by atoms with E-state index in [0.717, 1.165) is 0 Å². The molecule has 4 N–H and O–H groups in total. The Morgan fingerprint density at radius 1 is 0.773 bits per heavy atom. The van der Waals surface area contributed by atoms with Crippen molar-refractivity contribution in [2.75, 3.05) is 13.2 Å². The molecule has 6 heteroatoms. The average Bonchev–Trinajstić information content (AvgIpc) is 2.55. The monoisotopic (exact) mass is 304 g/mol. The van der Waals surface area contributed by atoms with Gasteiger partial charge in [-0.3, -0.25) is 9.59 Å². The molecular weight excluding hydrogens is 288 g/mol. The highest BCUT2D eigenvalue weighted by molar-refractivity contribution is 5.99. The lowest BCUT2D eigenvalue weighted by molar-refractivity contribution is 0.0896. The number of hydrogen-bond acceptors (Lipinski definition) is 6. The Hall–Kier alpha value is -2.70. The summed E-state index contributed by atoms with van der Waals surface area (Å²) < 4.78 is 0. The molecule has 0 aliphatic heterocycles. The van der Waals surface area contributed by atoms with Gasteiger partial charge >= 0.3 is 0 Å². The molecule has 0 heterocycles. The third-order valence-corrected chi connectivity index (χ3v) is 2.68. The van der Waals surface area contributed by atoms with Gasteiger partial charge in [-0.2, -0.15) is 0 Å². The molecule has 0 aromatic heterocycles.